The Morgan fingerprint density at radius 1 is 1.58 bits per heavy atom. The summed E-state index contributed by atoms with van der Waals surface area (Å²) < 4.78 is 0. The van der Waals surface area contributed by atoms with Crippen molar-refractivity contribution in [3.05, 3.63) is 34.9 Å². The van der Waals surface area contributed by atoms with Gasteiger partial charge < -0.3 is 10.0 Å². The summed E-state index contributed by atoms with van der Waals surface area (Å²) in [6.45, 7) is 1.77. The number of benzene rings is 1. The highest BCUT2D eigenvalue weighted by atomic mass is 35.5. The molecule has 1 aromatic carbocycles. The number of carbonyl (C=O) groups is 2. The number of carboxylic acids is 1. The lowest BCUT2D eigenvalue weighted by atomic mass is 9.85. The number of hydrogen-bond acceptors (Lipinski definition) is 2. The van der Waals surface area contributed by atoms with Crippen molar-refractivity contribution in [1.82, 2.24) is 4.90 Å². The van der Waals surface area contributed by atoms with Gasteiger partial charge in [0, 0.05) is 11.1 Å². The summed E-state index contributed by atoms with van der Waals surface area (Å²) in [6, 6.07) is 6.75. The first-order valence-corrected chi connectivity index (χ1v) is 6.67. The van der Waals surface area contributed by atoms with Crippen LogP contribution in [0.5, 0.6) is 0 Å². The first-order valence-electron chi connectivity index (χ1n) is 6.29. The number of nitrogens with zero attached hydrogens (tertiary/aromatic N) is 1. The third-order valence-corrected chi connectivity index (χ3v) is 3.90. The van der Waals surface area contributed by atoms with Gasteiger partial charge in [0.15, 0.2) is 5.54 Å². The summed E-state index contributed by atoms with van der Waals surface area (Å²) in [4.78, 5) is 24.7. The number of amides is 1. The van der Waals surface area contributed by atoms with E-state index in [0.29, 0.717) is 23.4 Å². The topological polar surface area (TPSA) is 57.6 Å². The quantitative estimate of drug-likeness (QED) is 0.816. The number of carbonyl (C=O) groups excluding carboxylic acids is 1. The van der Waals surface area contributed by atoms with Gasteiger partial charge in [-0.05, 0) is 37.0 Å². The molecule has 1 saturated carbocycles. The normalized spacial score (nSPS) is 17.6. The SMILES string of the molecule is CCC(C(=O)O)(c1cccc(Cl)c1)N(C=O)C1CC1. The van der Waals surface area contributed by atoms with Crippen molar-refractivity contribution >= 4 is 24.0 Å². The van der Waals surface area contributed by atoms with Crippen molar-refractivity contribution in [2.24, 2.45) is 0 Å². The van der Waals surface area contributed by atoms with Crippen LogP contribution in [-0.2, 0) is 15.1 Å². The summed E-state index contributed by atoms with van der Waals surface area (Å²) in [7, 11) is 0. The number of halogens is 1. The van der Waals surface area contributed by atoms with Crippen molar-refractivity contribution in [1.29, 1.82) is 0 Å². The first-order chi connectivity index (χ1) is 9.06. The highest BCUT2D eigenvalue weighted by molar-refractivity contribution is 6.30. The summed E-state index contributed by atoms with van der Waals surface area (Å²) in [5.74, 6) is -1.02. The van der Waals surface area contributed by atoms with Crippen molar-refractivity contribution in [3.8, 4) is 0 Å². The van der Waals surface area contributed by atoms with Gasteiger partial charge in [-0.2, -0.15) is 0 Å². The number of rotatable bonds is 6. The summed E-state index contributed by atoms with van der Waals surface area (Å²) in [5, 5.41) is 10.2. The molecule has 102 valence electrons. The van der Waals surface area contributed by atoms with Crippen molar-refractivity contribution < 1.29 is 14.7 Å². The van der Waals surface area contributed by atoms with Gasteiger partial charge in [0.1, 0.15) is 0 Å². The van der Waals surface area contributed by atoms with Gasteiger partial charge in [0.25, 0.3) is 0 Å². The van der Waals surface area contributed by atoms with Crippen LogP contribution >= 0.6 is 11.6 Å². The van der Waals surface area contributed by atoms with Crippen LogP contribution in [0.25, 0.3) is 0 Å². The van der Waals surface area contributed by atoms with E-state index in [0.717, 1.165) is 12.8 Å². The fourth-order valence-electron chi connectivity index (χ4n) is 2.51. The second kappa shape index (κ2) is 5.21. The van der Waals surface area contributed by atoms with Gasteiger partial charge in [-0.3, -0.25) is 4.79 Å². The van der Waals surface area contributed by atoms with Crippen LogP contribution in [0.3, 0.4) is 0 Å². The number of carboxylic acid groups (broad SMARTS) is 1. The predicted octanol–water partition coefficient (Wildman–Crippen LogP) is 2.65. The van der Waals surface area contributed by atoms with Crippen LogP contribution in [0.2, 0.25) is 5.02 Å². The molecule has 0 bridgehead atoms. The van der Waals surface area contributed by atoms with Crippen molar-refractivity contribution in [3.63, 3.8) is 0 Å². The molecule has 1 aromatic rings. The molecule has 2 rings (SSSR count). The van der Waals surface area contributed by atoms with Crippen LogP contribution in [0, 0.1) is 0 Å². The molecule has 1 unspecified atom stereocenters. The standard InChI is InChI=1S/C14H16ClNO3/c1-2-14(13(18)19,16(9-17)12-6-7-12)10-4-3-5-11(15)8-10/h3-5,8-9,12H,2,6-7H2,1H3,(H,18,19). The first kappa shape index (κ1) is 13.9. The number of hydrogen-bond donors (Lipinski definition) is 1. The third-order valence-electron chi connectivity index (χ3n) is 3.66. The van der Waals surface area contributed by atoms with Crippen LogP contribution in [0.1, 0.15) is 31.7 Å². The average molecular weight is 282 g/mol. The summed E-state index contributed by atoms with van der Waals surface area (Å²) in [6.07, 6.45) is 2.66. The van der Waals surface area contributed by atoms with Crippen LogP contribution in [0.4, 0.5) is 0 Å². The Balaban J connectivity index is 2.55. The minimum absolute atomic E-state index is 0.0209. The highest BCUT2D eigenvalue weighted by Crippen LogP contribution is 2.40. The fourth-order valence-corrected chi connectivity index (χ4v) is 2.70. The lowest BCUT2D eigenvalue weighted by Crippen LogP contribution is -2.52. The Morgan fingerprint density at radius 3 is 2.68 bits per heavy atom. The van der Waals surface area contributed by atoms with E-state index in [1.165, 1.54) is 4.90 Å². The molecule has 1 aliphatic carbocycles. The predicted molar refractivity (Wildman–Crippen MR) is 72.0 cm³/mol. The largest absolute Gasteiger partial charge is 0.479 e. The van der Waals surface area contributed by atoms with Gasteiger partial charge in [0.2, 0.25) is 6.41 Å². The van der Waals surface area contributed by atoms with E-state index in [1.807, 2.05) is 0 Å². The van der Waals surface area contributed by atoms with E-state index in [2.05, 4.69) is 0 Å². The molecule has 0 aromatic heterocycles. The Labute approximate surface area is 117 Å². The zero-order chi connectivity index (χ0) is 14.0. The zero-order valence-corrected chi connectivity index (χ0v) is 11.4. The molecule has 1 aliphatic rings. The molecule has 4 nitrogen and oxygen atoms in total. The maximum atomic E-state index is 11.9. The molecule has 1 fully saturated rings. The minimum atomic E-state index is -1.33. The molecule has 0 radical (unpaired) electrons. The van der Waals surface area contributed by atoms with Gasteiger partial charge >= 0.3 is 5.97 Å². The second-order valence-electron chi connectivity index (χ2n) is 4.77. The van der Waals surface area contributed by atoms with Crippen LogP contribution in [-0.4, -0.2) is 28.4 Å². The van der Waals surface area contributed by atoms with Gasteiger partial charge in [-0.25, -0.2) is 4.79 Å². The van der Waals surface area contributed by atoms with E-state index in [1.54, 1.807) is 31.2 Å². The molecule has 0 spiro atoms. The maximum absolute atomic E-state index is 11.9. The Morgan fingerprint density at radius 2 is 2.26 bits per heavy atom. The van der Waals surface area contributed by atoms with E-state index < -0.39 is 11.5 Å². The molecule has 1 N–H and O–H groups in total. The second-order valence-corrected chi connectivity index (χ2v) is 5.21. The van der Waals surface area contributed by atoms with E-state index >= 15 is 0 Å². The smallest absolute Gasteiger partial charge is 0.334 e. The van der Waals surface area contributed by atoms with Crippen LogP contribution in [0.15, 0.2) is 24.3 Å². The van der Waals surface area contributed by atoms with Crippen molar-refractivity contribution in [2.45, 2.75) is 37.8 Å². The molecule has 1 amide bonds. The van der Waals surface area contributed by atoms with Crippen molar-refractivity contribution in [2.75, 3.05) is 0 Å². The summed E-state index contributed by atoms with van der Waals surface area (Å²) in [5.41, 5.74) is -0.776. The van der Waals surface area contributed by atoms with Gasteiger partial charge in [-0.15, -0.1) is 0 Å². The molecule has 1 atom stereocenters. The van der Waals surface area contributed by atoms with E-state index in [-0.39, 0.29) is 6.04 Å². The van der Waals surface area contributed by atoms with E-state index in [9.17, 15) is 14.7 Å². The maximum Gasteiger partial charge on any atom is 0.334 e. The summed E-state index contributed by atoms with van der Waals surface area (Å²) >= 11 is 5.96. The molecular weight excluding hydrogens is 266 g/mol. The molecule has 0 heterocycles. The molecular formula is C14H16ClNO3. The number of aliphatic carboxylic acids is 1. The van der Waals surface area contributed by atoms with E-state index in [4.69, 9.17) is 11.6 Å². The van der Waals surface area contributed by atoms with Gasteiger partial charge in [-0.1, -0.05) is 30.7 Å². The highest BCUT2D eigenvalue weighted by Gasteiger charge is 2.49. The Hall–Kier alpha value is -1.55. The zero-order valence-electron chi connectivity index (χ0n) is 10.7. The van der Waals surface area contributed by atoms with Gasteiger partial charge in [0.05, 0.1) is 0 Å². The monoisotopic (exact) mass is 281 g/mol. The lowest BCUT2D eigenvalue weighted by molar-refractivity contribution is -0.157. The third kappa shape index (κ3) is 2.32. The lowest BCUT2D eigenvalue weighted by Gasteiger charge is -2.38. The molecule has 19 heavy (non-hydrogen) atoms. The molecule has 0 saturated heterocycles. The Kier molecular flexibility index (Phi) is 3.80. The average Bonchev–Trinajstić information content (AvgIpc) is 3.19. The Bertz CT molecular complexity index is 501. The molecule has 0 aliphatic heterocycles. The molecule has 5 heteroatoms. The minimum Gasteiger partial charge on any atom is -0.479 e. The fraction of sp³-hybridized carbons (Fsp3) is 0.429. The van der Waals surface area contributed by atoms with Crippen LogP contribution < -0.4 is 0 Å².